The van der Waals surface area contributed by atoms with Gasteiger partial charge in [-0.1, -0.05) is 23.7 Å². The van der Waals surface area contributed by atoms with Gasteiger partial charge in [0.25, 0.3) is 0 Å². The molecule has 0 bridgehead atoms. The van der Waals surface area contributed by atoms with Crippen molar-refractivity contribution in [1.82, 2.24) is 9.55 Å². The molecule has 0 aliphatic heterocycles. The number of benzene rings is 1. The topological polar surface area (TPSA) is 38.0 Å². The highest BCUT2D eigenvalue weighted by atomic mass is 35.5. The van der Waals surface area contributed by atoms with Gasteiger partial charge in [0.2, 0.25) is 0 Å². The molecule has 2 rings (SSSR count). The fourth-order valence-corrected chi connectivity index (χ4v) is 2.04. The maximum absolute atomic E-state index is 10.2. The van der Waals surface area contributed by atoms with Crippen molar-refractivity contribution in [2.24, 2.45) is 0 Å². The Bertz CT molecular complexity index is 522. The first-order valence-electron chi connectivity index (χ1n) is 5.57. The summed E-state index contributed by atoms with van der Waals surface area (Å²) in [5, 5.41) is 10.8. The van der Waals surface area contributed by atoms with Crippen LogP contribution in [0.1, 0.15) is 29.8 Å². The summed E-state index contributed by atoms with van der Waals surface area (Å²) in [5.74, 6) is 0. The van der Waals surface area contributed by atoms with Crippen LogP contribution in [-0.2, 0) is 6.54 Å². The summed E-state index contributed by atoms with van der Waals surface area (Å²) < 4.78 is 1.92. The number of aryl methyl sites for hydroxylation is 2. The molecule has 1 atom stereocenters. The number of halogens is 1. The largest absolute Gasteiger partial charge is 0.382 e. The summed E-state index contributed by atoms with van der Waals surface area (Å²) in [5.41, 5.74) is 2.39. The van der Waals surface area contributed by atoms with Crippen LogP contribution in [0.3, 0.4) is 0 Å². The van der Waals surface area contributed by atoms with Gasteiger partial charge < -0.3 is 9.67 Å². The van der Waals surface area contributed by atoms with E-state index in [1.807, 2.05) is 42.8 Å². The number of rotatable bonds is 3. The molecule has 1 unspecified atom stereocenters. The lowest BCUT2D eigenvalue weighted by Crippen LogP contribution is -2.01. The highest BCUT2D eigenvalue weighted by Gasteiger charge is 2.16. The third-order valence-corrected chi connectivity index (χ3v) is 3.08. The minimum absolute atomic E-state index is 0.573. The highest BCUT2D eigenvalue weighted by molar-refractivity contribution is 6.31. The Kier molecular flexibility index (Phi) is 3.50. The molecule has 2 aromatic rings. The molecule has 0 saturated heterocycles. The normalized spacial score (nSPS) is 12.7. The zero-order valence-corrected chi connectivity index (χ0v) is 10.6. The van der Waals surface area contributed by atoms with Crippen LogP contribution < -0.4 is 0 Å². The third-order valence-electron chi connectivity index (χ3n) is 2.75. The highest BCUT2D eigenvalue weighted by Crippen LogP contribution is 2.27. The van der Waals surface area contributed by atoms with E-state index in [-0.39, 0.29) is 0 Å². The Morgan fingerprint density at radius 3 is 2.82 bits per heavy atom. The first-order chi connectivity index (χ1) is 8.11. The summed E-state index contributed by atoms with van der Waals surface area (Å²) in [6.45, 7) is 4.83. The standard InChI is InChI=1S/C13H15ClN2O/c1-3-16-7-12(15-8-16)13(17)10-5-4-9(2)6-11(10)14/h4-8,13,17H,3H2,1-2H3. The van der Waals surface area contributed by atoms with Crippen molar-refractivity contribution in [3.05, 3.63) is 52.6 Å². The molecule has 0 amide bonds. The van der Waals surface area contributed by atoms with Crippen LogP contribution in [0.5, 0.6) is 0 Å². The first-order valence-corrected chi connectivity index (χ1v) is 5.95. The van der Waals surface area contributed by atoms with E-state index in [1.165, 1.54) is 0 Å². The molecule has 0 aliphatic carbocycles. The van der Waals surface area contributed by atoms with Crippen LogP contribution in [0.15, 0.2) is 30.7 Å². The van der Waals surface area contributed by atoms with Crippen molar-refractivity contribution in [2.75, 3.05) is 0 Å². The van der Waals surface area contributed by atoms with Crippen molar-refractivity contribution in [3.8, 4) is 0 Å². The number of aliphatic hydroxyl groups excluding tert-OH is 1. The number of hydrogen-bond acceptors (Lipinski definition) is 2. The second kappa shape index (κ2) is 4.90. The van der Waals surface area contributed by atoms with Gasteiger partial charge in [0, 0.05) is 23.3 Å². The fraction of sp³-hybridized carbons (Fsp3) is 0.308. The van der Waals surface area contributed by atoms with Crippen molar-refractivity contribution < 1.29 is 5.11 Å². The summed E-state index contributed by atoms with van der Waals surface area (Å²) in [6, 6.07) is 5.62. The lowest BCUT2D eigenvalue weighted by atomic mass is 10.1. The minimum atomic E-state index is -0.768. The van der Waals surface area contributed by atoms with Gasteiger partial charge in [0.15, 0.2) is 0 Å². The van der Waals surface area contributed by atoms with Crippen LogP contribution in [0.4, 0.5) is 0 Å². The van der Waals surface area contributed by atoms with Gasteiger partial charge in [-0.3, -0.25) is 0 Å². The van der Waals surface area contributed by atoms with E-state index < -0.39 is 6.10 Å². The second-order valence-electron chi connectivity index (χ2n) is 4.06. The molecular formula is C13H15ClN2O. The van der Waals surface area contributed by atoms with Crippen LogP contribution in [0.2, 0.25) is 5.02 Å². The summed E-state index contributed by atoms with van der Waals surface area (Å²) in [4.78, 5) is 4.18. The summed E-state index contributed by atoms with van der Waals surface area (Å²) >= 11 is 6.12. The van der Waals surface area contributed by atoms with E-state index in [1.54, 1.807) is 6.33 Å². The summed E-state index contributed by atoms with van der Waals surface area (Å²) in [6.07, 6.45) is 2.78. The molecule has 3 nitrogen and oxygen atoms in total. The Morgan fingerprint density at radius 1 is 1.47 bits per heavy atom. The maximum atomic E-state index is 10.2. The lowest BCUT2D eigenvalue weighted by molar-refractivity contribution is 0.216. The number of hydrogen-bond donors (Lipinski definition) is 1. The van der Waals surface area contributed by atoms with E-state index in [0.29, 0.717) is 16.3 Å². The quantitative estimate of drug-likeness (QED) is 0.910. The van der Waals surface area contributed by atoms with Gasteiger partial charge in [-0.15, -0.1) is 0 Å². The second-order valence-corrected chi connectivity index (χ2v) is 4.46. The monoisotopic (exact) mass is 250 g/mol. The van der Waals surface area contributed by atoms with E-state index in [2.05, 4.69) is 4.98 Å². The molecule has 0 fully saturated rings. The molecule has 0 spiro atoms. The average Bonchev–Trinajstić information content (AvgIpc) is 2.76. The molecule has 0 saturated carbocycles. The molecule has 1 heterocycles. The maximum Gasteiger partial charge on any atom is 0.124 e. The molecule has 0 radical (unpaired) electrons. The number of aliphatic hydroxyl groups is 1. The zero-order valence-electron chi connectivity index (χ0n) is 9.89. The Hall–Kier alpha value is -1.32. The van der Waals surface area contributed by atoms with Crippen LogP contribution in [0, 0.1) is 6.92 Å². The Morgan fingerprint density at radius 2 is 2.24 bits per heavy atom. The predicted octanol–water partition coefficient (Wildman–Crippen LogP) is 2.95. The molecule has 1 aromatic heterocycles. The van der Waals surface area contributed by atoms with Gasteiger partial charge >= 0.3 is 0 Å². The van der Waals surface area contributed by atoms with Gasteiger partial charge in [0.1, 0.15) is 6.10 Å². The van der Waals surface area contributed by atoms with Crippen LogP contribution in [0.25, 0.3) is 0 Å². The van der Waals surface area contributed by atoms with Crippen LogP contribution in [-0.4, -0.2) is 14.7 Å². The number of imidazole rings is 1. The lowest BCUT2D eigenvalue weighted by Gasteiger charge is -2.10. The molecule has 1 N–H and O–H groups in total. The zero-order chi connectivity index (χ0) is 12.4. The van der Waals surface area contributed by atoms with Crippen molar-refractivity contribution in [3.63, 3.8) is 0 Å². The van der Waals surface area contributed by atoms with Gasteiger partial charge in [-0.05, 0) is 25.5 Å². The molecule has 1 aromatic carbocycles. The van der Waals surface area contributed by atoms with Crippen molar-refractivity contribution >= 4 is 11.6 Å². The fourth-order valence-electron chi connectivity index (χ4n) is 1.70. The Balaban J connectivity index is 2.33. The van der Waals surface area contributed by atoms with Gasteiger partial charge in [-0.2, -0.15) is 0 Å². The number of aromatic nitrogens is 2. The van der Waals surface area contributed by atoms with Gasteiger partial charge in [-0.25, -0.2) is 4.98 Å². The van der Waals surface area contributed by atoms with E-state index in [9.17, 15) is 5.11 Å². The Labute approximate surface area is 106 Å². The van der Waals surface area contributed by atoms with E-state index >= 15 is 0 Å². The smallest absolute Gasteiger partial charge is 0.124 e. The van der Waals surface area contributed by atoms with Gasteiger partial charge in [0.05, 0.1) is 12.0 Å². The minimum Gasteiger partial charge on any atom is -0.382 e. The molecule has 17 heavy (non-hydrogen) atoms. The van der Waals surface area contributed by atoms with E-state index in [4.69, 9.17) is 11.6 Å². The van der Waals surface area contributed by atoms with Crippen LogP contribution >= 0.6 is 11.6 Å². The van der Waals surface area contributed by atoms with Crippen molar-refractivity contribution in [2.45, 2.75) is 26.5 Å². The molecule has 90 valence electrons. The molecular weight excluding hydrogens is 236 g/mol. The third kappa shape index (κ3) is 2.51. The first kappa shape index (κ1) is 12.1. The SMILES string of the molecule is CCn1cnc(C(O)c2ccc(C)cc2Cl)c1. The number of nitrogens with zero attached hydrogens (tertiary/aromatic N) is 2. The van der Waals surface area contributed by atoms with E-state index in [0.717, 1.165) is 12.1 Å². The molecule has 0 aliphatic rings. The summed E-state index contributed by atoms with van der Waals surface area (Å²) in [7, 11) is 0. The average molecular weight is 251 g/mol. The predicted molar refractivity (Wildman–Crippen MR) is 68.2 cm³/mol. The van der Waals surface area contributed by atoms with Crippen molar-refractivity contribution in [1.29, 1.82) is 0 Å². The molecule has 4 heteroatoms.